The van der Waals surface area contributed by atoms with Crippen molar-refractivity contribution in [2.24, 2.45) is 7.05 Å². The summed E-state index contributed by atoms with van der Waals surface area (Å²) >= 11 is 0. The van der Waals surface area contributed by atoms with Gasteiger partial charge in [0.2, 0.25) is 5.91 Å². The molecule has 0 bridgehead atoms. The van der Waals surface area contributed by atoms with Crippen LogP contribution in [0.15, 0.2) is 43.4 Å². The molecular weight excluding hydrogens is 499 g/mol. The number of aryl methyl sites for hydroxylation is 1. The van der Waals surface area contributed by atoms with Crippen LogP contribution in [-0.2, 0) is 24.6 Å². The van der Waals surface area contributed by atoms with Crippen molar-refractivity contribution in [1.29, 1.82) is 0 Å². The molecule has 1 atom stereocenters. The largest absolute Gasteiger partial charge is 0.484 e. The molecule has 0 spiro atoms. The maximum absolute atomic E-state index is 14.2. The molecule has 3 aromatic heterocycles. The highest BCUT2D eigenvalue weighted by Gasteiger charge is 2.43. The van der Waals surface area contributed by atoms with Crippen molar-refractivity contribution >= 4 is 17.4 Å². The molecule has 2 saturated heterocycles. The normalized spacial score (nSPS) is 19.6. The second kappa shape index (κ2) is 9.12. The molecule has 3 aliphatic rings. The number of carbonyl (C=O) groups is 1. The fourth-order valence-electron chi connectivity index (χ4n) is 5.41. The van der Waals surface area contributed by atoms with Gasteiger partial charge in [0, 0.05) is 74.4 Å². The fourth-order valence-corrected chi connectivity index (χ4v) is 5.41. The summed E-state index contributed by atoms with van der Waals surface area (Å²) in [4.78, 5) is 24.3. The van der Waals surface area contributed by atoms with Gasteiger partial charge in [-0.2, -0.15) is 18.3 Å². The molecule has 0 unspecified atom stereocenters. The molecule has 3 aromatic rings. The van der Waals surface area contributed by atoms with Crippen LogP contribution >= 0.6 is 0 Å². The quantitative estimate of drug-likeness (QED) is 0.520. The summed E-state index contributed by atoms with van der Waals surface area (Å²) < 4.78 is 49.9. The number of ether oxygens (including phenoxy) is 1. The van der Waals surface area contributed by atoms with Crippen molar-refractivity contribution in [2.45, 2.75) is 31.2 Å². The average molecular weight is 526 g/mol. The number of amides is 1. The Morgan fingerprint density at radius 3 is 2.82 bits per heavy atom. The predicted octanol–water partition coefficient (Wildman–Crippen LogP) is 3.72. The number of fused-ring (bicyclic) bond motifs is 2. The van der Waals surface area contributed by atoms with E-state index in [1.54, 1.807) is 41.2 Å². The van der Waals surface area contributed by atoms with Crippen LogP contribution < -0.4 is 10.1 Å². The first-order chi connectivity index (χ1) is 18.2. The summed E-state index contributed by atoms with van der Waals surface area (Å²) in [6, 6.07) is 3.62. The lowest BCUT2D eigenvalue weighted by Crippen LogP contribution is -2.52. The average Bonchev–Trinajstić information content (AvgIpc) is 3.46. The molecule has 1 amide bonds. The lowest BCUT2D eigenvalue weighted by Gasteiger charge is -2.43. The first-order valence-corrected chi connectivity index (χ1v) is 12.4. The van der Waals surface area contributed by atoms with Gasteiger partial charge in [0.25, 0.3) is 0 Å². The number of hydrogen-bond donors (Lipinski definition) is 1. The van der Waals surface area contributed by atoms with E-state index in [1.165, 1.54) is 6.08 Å². The molecule has 0 aliphatic carbocycles. The van der Waals surface area contributed by atoms with E-state index in [0.717, 1.165) is 17.5 Å². The number of carbonyl (C=O) groups excluding carboxylic acids is 1. The van der Waals surface area contributed by atoms with Crippen LogP contribution in [0.3, 0.4) is 0 Å². The Hall–Kier alpha value is -3.93. The summed E-state index contributed by atoms with van der Waals surface area (Å²) in [5.41, 5.74) is 1.73. The Kier molecular flexibility index (Phi) is 5.86. The van der Waals surface area contributed by atoms with E-state index in [4.69, 9.17) is 4.74 Å². The lowest BCUT2D eigenvalue weighted by atomic mass is 9.92. The van der Waals surface area contributed by atoms with E-state index in [2.05, 4.69) is 31.9 Å². The van der Waals surface area contributed by atoms with Gasteiger partial charge in [-0.3, -0.25) is 14.4 Å². The van der Waals surface area contributed by atoms with Crippen molar-refractivity contribution in [3.8, 4) is 16.9 Å². The summed E-state index contributed by atoms with van der Waals surface area (Å²) in [5, 5.41) is 7.29. The van der Waals surface area contributed by atoms with Crippen LogP contribution in [0.2, 0.25) is 0 Å². The molecule has 2 fully saturated rings. The first kappa shape index (κ1) is 24.4. The number of hydrogen-bond acceptors (Lipinski definition) is 7. The maximum Gasteiger partial charge on any atom is 0.437 e. The van der Waals surface area contributed by atoms with Crippen LogP contribution in [0, 0.1) is 0 Å². The molecule has 1 N–H and O–H groups in total. The summed E-state index contributed by atoms with van der Waals surface area (Å²) in [5.74, 6) is -0.159. The molecule has 38 heavy (non-hydrogen) atoms. The Labute approximate surface area is 216 Å². The maximum atomic E-state index is 14.2. The molecule has 12 heteroatoms. The van der Waals surface area contributed by atoms with Gasteiger partial charge in [-0.1, -0.05) is 6.58 Å². The van der Waals surface area contributed by atoms with Gasteiger partial charge in [0.15, 0.2) is 11.4 Å². The SMILES string of the molecule is C=CC(=O)N1CC[C@H](N2CC(c3cc4c(c(C(F)(F)F)n3)OCc3c(-c5cnn(C)c5)ccnc3N4)C2)C1. The molecule has 9 nitrogen and oxygen atoms in total. The van der Waals surface area contributed by atoms with Gasteiger partial charge in [-0.15, -0.1) is 0 Å². The highest BCUT2D eigenvalue weighted by atomic mass is 19.4. The minimum atomic E-state index is -4.70. The number of nitrogens with one attached hydrogen (secondary N) is 1. The number of alkyl halides is 3. The van der Waals surface area contributed by atoms with E-state index in [0.29, 0.717) is 43.3 Å². The van der Waals surface area contributed by atoms with Gasteiger partial charge in [0.1, 0.15) is 12.4 Å². The van der Waals surface area contributed by atoms with E-state index < -0.39 is 11.9 Å². The van der Waals surface area contributed by atoms with Crippen molar-refractivity contribution in [1.82, 2.24) is 29.5 Å². The molecule has 3 aliphatic heterocycles. The van der Waals surface area contributed by atoms with Crippen LogP contribution in [-0.4, -0.2) is 67.7 Å². The van der Waals surface area contributed by atoms with Crippen molar-refractivity contribution in [3.05, 3.63) is 60.3 Å². The number of halogens is 3. The second-order valence-electron chi connectivity index (χ2n) is 9.85. The van der Waals surface area contributed by atoms with Crippen LogP contribution in [0.25, 0.3) is 11.1 Å². The minimum Gasteiger partial charge on any atom is -0.484 e. The fraction of sp³-hybridized carbons (Fsp3) is 0.385. The van der Waals surface area contributed by atoms with E-state index in [9.17, 15) is 18.0 Å². The van der Waals surface area contributed by atoms with Gasteiger partial charge in [-0.25, -0.2) is 9.97 Å². The number of likely N-dealkylation sites (tertiary alicyclic amines) is 2. The lowest BCUT2D eigenvalue weighted by molar-refractivity contribution is -0.142. The van der Waals surface area contributed by atoms with Gasteiger partial charge in [0.05, 0.1) is 11.9 Å². The molecule has 6 rings (SSSR count). The zero-order valence-electron chi connectivity index (χ0n) is 20.7. The molecular formula is C26H26F3N7O2. The number of pyridine rings is 2. The first-order valence-electron chi connectivity index (χ1n) is 12.4. The summed E-state index contributed by atoms with van der Waals surface area (Å²) in [6.07, 6.45) is 2.56. The van der Waals surface area contributed by atoms with Crippen molar-refractivity contribution in [3.63, 3.8) is 0 Å². The Balaban J connectivity index is 1.28. The number of aromatic nitrogens is 4. The van der Waals surface area contributed by atoms with E-state index in [-0.39, 0.29) is 35.9 Å². The second-order valence-corrected chi connectivity index (χ2v) is 9.85. The molecule has 0 saturated carbocycles. The summed E-state index contributed by atoms with van der Waals surface area (Å²) in [7, 11) is 1.79. The van der Waals surface area contributed by atoms with Crippen LogP contribution in [0.1, 0.15) is 29.3 Å². The Morgan fingerprint density at radius 2 is 2.11 bits per heavy atom. The number of rotatable bonds is 4. The standard InChI is InChI=1S/C26H26F3N7O2/c1-3-22(37)35-7-5-17(13-35)36-11-16(12-36)20-8-21-23(24(32-20)26(27,28)29)38-14-19-18(4-6-30-25(19)33-21)15-9-31-34(2)10-15/h3-4,6,8-10,16-17H,1,5,7,11-14H2,2H3,(H,30,33)/t17-/m0/s1. The molecule has 6 heterocycles. The number of anilines is 2. The topological polar surface area (TPSA) is 88.4 Å². The highest BCUT2D eigenvalue weighted by Crippen LogP contribution is 2.45. The van der Waals surface area contributed by atoms with Crippen molar-refractivity contribution < 1.29 is 22.7 Å². The number of nitrogens with zero attached hydrogens (tertiary/aromatic N) is 6. The smallest absolute Gasteiger partial charge is 0.437 e. The third kappa shape index (κ3) is 4.28. The van der Waals surface area contributed by atoms with Gasteiger partial charge >= 0.3 is 6.18 Å². The molecule has 0 radical (unpaired) electrons. The zero-order valence-corrected chi connectivity index (χ0v) is 20.7. The van der Waals surface area contributed by atoms with E-state index >= 15 is 0 Å². The van der Waals surface area contributed by atoms with Crippen molar-refractivity contribution in [2.75, 3.05) is 31.5 Å². The Bertz CT molecular complexity index is 1410. The molecule has 198 valence electrons. The zero-order chi connectivity index (χ0) is 26.6. The van der Waals surface area contributed by atoms with E-state index in [1.807, 2.05) is 6.20 Å². The van der Waals surface area contributed by atoms with Crippen LogP contribution in [0.4, 0.5) is 24.7 Å². The van der Waals surface area contributed by atoms with Crippen LogP contribution in [0.5, 0.6) is 5.75 Å². The highest BCUT2D eigenvalue weighted by molar-refractivity contribution is 5.87. The predicted molar refractivity (Wildman–Crippen MR) is 133 cm³/mol. The third-order valence-electron chi connectivity index (χ3n) is 7.44. The Morgan fingerprint density at radius 1 is 1.29 bits per heavy atom. The molecule has 0 aromatic carbocycles. The van der Waals surface area contributed by atoms with Gasteiger partial charge in [-0.05, 0) is 30.2 Å². The third-order valence-corrected chi connectivity index (χ3v) is 7.44. The summed E-state index contributed by atoms with van der Waals surface area (Å²) in [6.45, 7) is 5.83. The minimum absolute atomic E-state index is 0.0986. The van der Waals surface area contributed by atoms with Gasteiger partial charge < -0.3 is 15.0 Å². The monoisotopic (exact) mass is 525 g/mol.